The lowest BCUT2D eigenvalue weighted by atomic mass is 9.74. The number of fused-ring (bicyclic) bond motifs is 1. The topological polar surface area (TPSA) is 12.0 Å². The molecule has 4 unspecified atom stereocenters. The summed E-state index contributed by atoms with van der Waals surface area (Å²) in [6, 6.07) is 9.67. The van der Waals surface area contributed by atoms with Crippen molar-refractivity contribution in [1.29, 1.82) is 0 Å². The van der Waals surface area contributed by atoms with Crippen molar-refractivity contribution >= 4 is 0 Å². The Balaban J connectivity index is 1.64. The molecular weight excluding hydrogens is 194 g/mol. The molecule has 0 heterocycles. The molecule has 1 heteroatoms. The normalized spacial score (nSPS) is 32.8. The van der Waals surface area contributed by atoms with Crippen LogP contribution in [-0.2, 0) is 6.42 Å². The van der Waals surface area contributed by atoms with Crippen molar-refractivity contribution in [2.75, 3.05) is 7.05 Å². The monoisotopic (exact) mass is 215 g/mol. The van der Waals surface area contributed by atoms with E-state index in [1.807, 2.05) is 0 Å². The van der Waals surface area contributed by atoms with Crippen LogP contribution in [-0.4, -0.2) is 13.1 Å². The van der Waals surface area contributed by atoms with E-state index >= 15 is 0 Å². The third-order valence-corrected chi connectivity index (χ3v) is 4.56. The van der Waals surface area contributed by atoms with E-state index < -0.39 is 0 Å². The smallest absolute Gasteiger partial charge is 0.0101 e. The summed E-state index contributed by atoms with van der Waals surface area (Å²) in [7, 11) is 2.13. The zero-order chi connectivity index (χ0) is 11.1. The lowest BCUT2D eigenvalue weighted by Crippen LogP contribution is -2.33. The van der Waals surface area contributed by atoms with Crippen LogP contribution in [0.2, 0.25) is 0 Å². The van der Waals surface area contributed by atoms with Gasteiger partial charge in [-0.1, -0.05) is 31.2 Å². The number of benzene rings is 1. The standard InChI is InChI=1S/C15H21N/c1-10-7-14(10)15(16-2)9-12-8-11-5-3-4-6-13(11)12/h3-6,10,12,14-16H,7-9H2,1-2H3. The molecule has 1 saturated carbocycles. The summed E-state index contributed by atoms with van der Waals surface area (Å²) >= 11 is 0. The van der Waals surface area contributed by atoms with Crippen molar-refractivity contribution < 1.29 is 0 Å². The van der Waals surface area contributed by atoms with Crippen molar-refractivity contribution in [3.05, 3.63) is 35.4 Å². The van der Waals surface area contributed by atoms with Crippen LogP contribution in [0.5, 0.6) is 0 Å². The van der Waals surface area contributed by atoms with Gasteiger partial charge in [0.05, 0.1) is 0 Å². The minimum absolute atomic E-state index is 0.744. The summed E-state index contributed by atoms with van der Waals surface area (Å²) in [6.45, 7) is 2.38. The number of hydrogen-bond acceptors (Lipinski definition) is 1. The molecule has 1 fully saturated rings. The van der Waals surface area contributed by atoms with Gasteiger partial charge < -0.3 is 5.32 Å². The van der Waals surface area contributed by atoms with Crippen molar-refractivity contribution in [3.8, 4) is 0 Å². The van der Waals surface area contributed by atoms with Gasteiger partial charge in [0.25, 0.3) is 0 Å². The fraction of sp³-hybridized carbons (Fsp3) is 0.600. The van der Waals surface area contributed by atoms with Crippen LogP contribution in [0.15, 0.2) is 24.3 Å². The molecule has 2 aliphatic carbocycles. The van der Waals surface area contributed by atoms with Crippen LogP contribution in [0.1, 0.15) is 36.8 Å². The highest BCUT2D eigenvalue weighted by Crippen LogP contribution is 2.46. The third kappa shape index (κ3) is 1.67. The van der Waals surface area contributed by atoms with Crippen LogP contribution < -0.4 is 5.32 Å². The van der Waals surface area contributed by atoms with E-state index in [0.29, 0.717) is 0 Å². The highest BCUT2D eigenvalue weighted by atomic mass is 14.9. The Morgan fingerprint density at radius 3 is 2.75 bits per heavy atom. The van der Waals surface area contributed by atoms with Gasteiger partial charge in [-0.15, -0.1) is 0 Å². The van der Waals surface area contributed by atoms with Gasteiger partial charge >= 0.3 is 0 Å². The van der Waals surface area contributed by atoms with Crippen LogP contribution in [0.3, 0.4) is 0 Å². The average molecular weight is 215 g/mol. The molecular formula is C15H21N. The van der Waals surface area contributed by atoms with Crippen LogP contribution in [0, 0.1) is 11.8 Å². The minimum Gasteiger partial charge on any atom is -0.317 e. The molecule has 1 aromatic carbocycles. The Morgan fingerprint density at radius 2 is 2.12 bits per heavy atom. The molecule has 86 valence electrons. The van der Waals surface area contributed by atoms with Gasteiger partial charge in [0.2, 0.25) is 0 Å². The van der Waals surface area contributed by atoms with E-state index in [9.17, 15) is 0 Å². The molecule has 1 N–H and O–H groups in total. The molecule has 0 aromatic heterocycles. The van der Waals surface area contributed by atoms with Crippen molar-refractivity contribution in [3.63, 3.8) is 0 Å². The zero-order valence-electron chi connectivity index (χ0n) is 10.2. The van der Waals surface area contributed by atoms with Gasteiger partial charge in [0, 0.05) is 6.04 Å². The first-order chi connectivity index (χ1) is 7.79. The van der Waals surface area contributed by atoms with Crippen LogP contribution >= 0.6 is 0 Å². The van der Waals surface area contributed by atoms with Gasteiger partial charge in [-0.05, 0) is 55.2 Å². The summed E-state index contributed by atoms with van der Waals surface area (Å²) in [4.78, 5) is 0. The maximum Gasteiger partial charge on any atom is 0.0101 e. The second-order valence-corrected chi connectivity index (χ2v) is 5.61. The van der Waals surface area contributed by atoms with E-state index in [2.05, 4.69) is 43.6 Å². The van der Waals surface area contributed by atoms with Crippen LogP contribution in [0.4, 0.5) is 0 Å². The fourth-order valence-corrected chi connectivity index (χ4v) is 3.30. The van der Waals surface area contributed by atoms with Gasteiger partial charge in [-0.2, -0.15) is 0 Å². The Morgan fingerprint density at radius 1 is 1.38 bits per heavy atom. The molecule has 0 saturated heterocycles. The Hall–Kier alpha value is -0.820. The molecule has 1 aromatic rings. The summed E-state index contributed by atoms with van der Waals surface area (Å²) < 4.78 is 0. The van der Waals surface area contributed by atoms with E-state index in [4.69, 9.17) is 0 Å². The number of hydrogen-bond donors (Lipinski definition) is 1. The predicted molar refractivity (Wildman–Crippen MR) is 67.6 cm³/mol. The largest absolute Gasteiger partial charge is 0.317 e. The van der Waals surface area contributed by atoms with E-state index in [1.165, 1.54) is 19.3 Å². The molecule has 3 rings (SSSR count). The third-order valence-electron chi connectivity index (χ3n) is 4.56. The van der Waals surface area contributed by atoms with Crippen molar-refractivity contribution in [2.45, 2.75) is 38.1 Å². The molecule has 16 heavy (non-hydrogen) atoms. The maximum absolute atomic E-state index is 3.52. The van der Waals surface area contributed by atoms with Crippen molar-refractivity contribution in [1.82, 2.24) is 5.32 Å². The van der Waals surface area contributed by atoms with Crippen molar-refractivity contribution in [2.24, 2.45) is 11.8 Å². The molecule has 0 spiro atoms. The second kappa shape index (κ2) is 3.89. The highest BCUT2D eigenvalue weighted by Gasteiger charge is 2.40. The van der Waals surface area contributed by atoms with E-state index in [-0.39, 0.29) is 0 Å². The maximum atomic E-state index is 3.52. The summed E-state index contributed by atoms with van der Waals surface area (Å²) in [5.41, 5.74) is 3.18. The molecule has 4 atom stereocenters. The lowest BCUT2D eigenvalue weighted by molar-refractivity contribution is 0.395. The zero-order valence-corrected chi connectivity index (χ0v) is 10.2. The van der Waals surface area contributed by atoms with Gasteiger partial charge in [-0.25, -0.2) is 0 Å². The summed E-state index contributed by atoms with van der Waals surface area (Å²) in [5, 5.41) is 3.52. The first-order valence-electron chi connectivity index (χ1n) is 6.54. The predicted octanol–water partition coefficient (Wildman–Crippen LogP) is 2.96. The summed E-state index contributed by atoms with van der Waals surface area (Å²) in [6.07, 6.45) is 4.07. The Labute approximate surface area is 98.3 Å². The van der Waals surface area contributed by atoms with Gasteiger partial charge in [-0.3, -0.25) is 0 Å². The van der Waals surface area contributed by atoms with E-state index in [1.54, 1.807) is 11.1 Å². The number of rotatable bonds is 4. The highest BCUT2D eigenvalue weighted by molar-refractivity contribution is 5.40. The van der Waals surface area contributed by atoms with Gasteiger partial charge in [0.15, 0.2) is 0 Å². The quantitative estimate of drug-likeness (QED) is 0.814. The molecule has 0 amide bonds. The number of nitrogens with one attached hydrogen (secondary N) is 1. The average Bonchev–Trinajstić information content (AvgIpc) is 2.97. The fourth-order valence-electron chi connectivity index (χ4n) is 3.30. The molecule has 1 nitrogen and oxygen atoms in total. The Kier molecular flexibility index (Phi) is 2.51. The molecule has 2 aliphatic rings. The van der Waals surface area contributed by atoms with E-state index in [0.717, 1.165) is 23.8 Å². The lowest BCUT2D eigenvalue weighted by Gasteiger charge is -2.33. The first-order valence-corrected chi connectivity index (χ1v) is 6.54. The van der Waals surface area contributed by atoms with Gasteiger partial charge in [0.1, 0.15) is 0 Å². The van der Waals surface area contributed by atoms with Crippen LogP contribution in [0.25, 0.3) is 0 Å². The second-order valence-electron chi connectivity index (χ2n) is 5.61. The molecule has 0 aliphatic heterocycles. The minimum atomic E-state index is 0.744. The SMILES string of the molecule is CNC(CC1Cc2ccccc21)C1CC1C. The molecule has 0 radical (unpaired) electrons. The summed E-state index contributed by atoms with van der Waals surface area (Å²) in [5.74, 6) is 2.71. The first kappa shape index (κ1) is 10.3. The Bertz CT molecular complexity index is 385. The molecule has 0 bridgehead atoms.